The number of esters is 2. The Morgan fingerprint density at radius 1 is 0.393 bits per heavy atom. The van der Waals surface area contributed by atoms with Gasteiger partial charge in [0.05, 0.1) is 26.1 Å². The number of hydrogen-bond acceptors (Lipinski definition) is 8. The highest BCUT2D eigenvalue weighted by Gasteiger charge is 2.17. The van der Waals surface area contributed by atoms with Crippen molar-refractivity contribution in [1.29, 1.82) is 0 Å². The molecule has 0 fully saturated rings. The van der Waals surface area contributed by atoms with Crippen molar-refractivity contribution in [2.75, 3.05) is 65.8 Å². The van der Waals surface area contributed by atoms with Crippen LogP contribution in [0.1, 0.15) is 222 Å². The van der Waals surface area contributed by atoms with Gasteiger partial charge in [0.15, 0.2) is 0 Å². The van der Waals surface area contributed by atoms with Gasteiger partial charge in [-0.1, -0.05) is 156 Å². The minimum atomic E-state index is -0.189. The maximum absolute atomic E-state index is 12.6. The normalized spacial score (nSPS) is 11.5. The van der Waals surface area contributed by atoms with Crippen LogP contribution in [0, 0.1) is 0 Å². The van der Waals surface area contributed by atoms with Crippen molar-refractivity contribution in [1.82, 2.24) is 9.80 Å². The van der Waals surface area contributed by atoms with E-state index in [-0.39, 0.29) is 11.9 Å². The van der Waals surface area contributed by atoms with E-state index >= 15 is 0 Å². The molecule has 0 saturated carbocycles. The number of hydrogen-bond donors (Lipinski definition) is 0. The van der Waals surface area contributed by atoms with Gasteiger partial charge >= 0.3 is 11.9 Å². The van der Waals surface area contributed by atoms with Gasteiger partial charge in [0.1, 0.15) is 0 Å². The lowest BCUT2D eigenvalue weighted by molar-refractivity contribution is -0.144. The third-order valence-electron chi connectivity index (χ3n) is 10.4. The molecule has 0 amide bonds. The molecule has 0 N–H and O–H groups in total. The Morgan fingerprint density at radius 2 is 0.696 bits per heavy atom. The zero-order valence-corrected chi connectivity index (χ0v) is 39.0. The molecule has 0 bridgehead atoms. The first kappa shape index (κ1) is 56.9. The van der Waals surface area contributed by atoms with Gasteiger partial charge in [-0.2, -0.15) is 0 Å². The van der Waals surface area contributed by atoms with Gasteiger partial charge in [-0.05, 0) is 40.5 Å². The summed E-state index contributed by atoms with van der Waals surface area (Å²) < 4.78 is 22.6. The van der Waals surface area contributed by atoms with Crippen molar-refractivity contribution in [3.63, 3.8) is 0 Å². The van der Waals surface area contributed by atoms with Gasteiger partial charge in [0.2, 0.25) is 0 Å². The van der Waals surface area contributed by atoms with Gasteiger partial charge in [-0.25, -0.2) is 0 Å². The van der Waals surface area contributed by atoms with Crippen molar-refractivity contribution in [3.05, 3.63) is 0 Å². The zero-order valence-electron chi connectivity index (χ0n) is 39.0. The lowest BCUT2D eigenvalue weighted by atomic mass is 10.1. The van der Waals surface area contributed by atoms with Crippen LogP contribution in [0.25, 0.3) is 0 Å². The monoisotopic (exact) mass is 799 g/mol. The molecule has 0 aromatic rings. The third-order valence-corrected chi connectivity index (χ3v) is 10.4. The summed E-state index contributed by atoms with van der Waals surface area (Å²) in [6.07, 6.45) is 31.4. The van der Waals surface area contributed by atoms with E-state index in [2.05, 4.69) is 51.3 Å². The van der Waals surface area contributed by atoms with E-state index < -0.39 is 0 Å². The van der Waals surface area contributed by atoms with Crippen LogP contribution in [-0.4, -0.2) is 99.6 Å². The summed E-state index contributed by atoms with van der Waals surface area (Å²) in [5.41, 5.74) is 0. The molecular weight excluding hydrogens is 701 g/mol. The predicted molar refractivity (Wildman–Crippen MR) is 240 cm³/mol. The van der Waals surface area contributed by atoms with Crippen molar-refractivity contribution >= 4 is 11.9 Å². The summed E-state index contributed by atoms with van der Waals surface area (Å²) in [4.78, 5) is 29.8. The second-order valence-corrected chi connectivity index (χ2v) is 16.2. The molecule has 0 atom stereocenters. The molecule has 0 rings (SSSR count). The maximum atomic E-state index is 12.6. The van der Waals surface area contributed by atoms with Crippen LogP contribution in [0.5, 0.6) is 0 Å². The third kappa shape index (κ3) is 42.4. The lowest BCUT2D eigenvalue weighted by Crippen LogP contribution is -2.43. The highest BCUT2D eigenvalue weighted by atomic mass is 16.5. The number of unbranched alkanes of at least 4 members (excludes halogenated alkanes) is 20. The molecule has 0 aromatic carbocycles. The molecule has 56 heavy (non-hydrogen) atoms. The van der Waals surface area contributed by atoms with Crippen molar-refractivity contribution in [2.24, 2.45) is 0 Å². The molecule has 0 spiro atoms. The number of carbonyl (C=O) groups excluding carboxylic acids is 2. The van der Waals surface area contributed by atoms with Crippen LogP contribution < -0.4 is 0 Å². The van der Waals surface area contributed by atoms with Crippen LogP contribution in [-0.2, 0) is 28.5 Å². The Morgan fingerprint density at radius 3 is 1.02 bits per heavy atom. The molecule has 0 aliphatic carbocycles. The predicted octanol–water partition coefficient (Wildman–Crippen LogP) is 12.7. The summed E-state index contributed by atoms with van der Waals surface area (Å²) in [7, 11) is 0. The molecular formula is C48H98N2O6. The van der Waals surface area contributed by atoms with Gasteiger partial charge in [0, 0.05) is 77.5 Å². The van der Waals surface area contributed by atoms with Crippen molar-refractivity contribution < 1.29 is 28.5 Å². The number of ether oxygens (including phenoxy) is 4. The van der Waals surface area contributed by atoms with Crippen LogP contribution in [0.2, 0.25) is 0 Å². The second kappa shape index (κ2) is 46.5. The van der Waals surface area contributed by atoms with Gasteiger partial charge in [0.25, 0.3) is 0 Å². The SMILES string of the molecule is CC.CCCCCCCCCCCCCOCCCOC(=O)CCN(CCC(=O)OCCCOCCCCCCCCCCCCC)CCN(C(C)C)C(C)C. The lowest BCUT2D eigenvalue weighted by Gasteiger charge is -2.33. The maximum Gasteiger partial charge on any atom is 0.307 e. The van der Waals surface area contributed by atoms with Crippen LogP contribution >= 0.6 is 0 Å². The average Bonchev–Trinajstić information content (AvgIpc) is 3.18. The Labute approximate surface area is 349 Å². The Bertz CT molecular complexity index is 736. The minimum Gasteiger partial charge on any atom is -0.466 e. The first-order chi connectivity index (χ1) is 27.3. The number of rotatable bonds is 43. The molecule has 0 radical (unpaired) electrons. The van der Waals surface area contributed by atoms with Crippen molar-refractivity contribution in [3.8, 4) is 0 Å². The first-order valence-electron chi connectivity index (χ1n) is 24.3. The minimum absolute atomic E-state index is 0.189. The molecule has 0 aromatic heterocycles. The van der Waals surface area contributed by atoms with E-state index in [1.54, 1.807) is 0 Å². The van der Waals surface area contributed by atoms with E-state index in [1.165, 1.54) is 128 Å². The summed E-state index contributed by atoms with van der Waals surface area (Å²) in [6.45, 7) is 23.8. The Balaban J connectivity index is 0. The summed E-state index contributed by atoms with van der Waals surface area (Å²) in [6, 6.07) is 0.854. The van der Waals surface area contributed by atoms with E-state index in [4.69, 9.17) is 18.9 Å². The molecule has 0 unspecified atom stereocenters. The first-order valence-corrected chi connectivity index (χ1v) is 24.3. The molecule has 8 heteroatoms. The highest BCUT2D eigenvalue weighted by molar-refractivity contribution is 5.70. The smallest absolute Gasteiger partial charge is 0.307 e. The van der Waals surface area contributed by atoms with E-state index in [9.17, 15) is 9.59 Å². The second-order valence-electron chi connectivity index (χ2n) is 16.2. The van der Waals surface area contributed by atoms with Gasteiger partial charge in [-0.3, -0.25) is 14.5 Å². The van der Waals surface area contributed by atoms with E-state index in [1.807, 2.05) is 13.8 Å². The highest BCUT2D eigenvalue weighted by Crippen LogP contribution is 2.13. The van der Waals surface area contributed by atoms with Crippen molar-refractivity contribution in [2.45, 2.75) is 234 Å². The topological polar surface area (TPSA) is 77.5 Å². The molecule has 336 valence electrons. The number of carbonyl (C=O) groups is 2. The van der Waals surface area contributed by atoms with Gasteiger partial charge in [-0.15, -0.1) is 0 Å². The Kier molecular flexibility index (Phi) is 47.2. The summed E-state index contributed by atoms with van der Waals surface area (Å²) >= 11 is 0. The fourth-order valence-corrected chi connectivity index (χ4v) is 6.98. The molecule has 0 saturated heterocycles. The van der Waals surface area contributed by atoms with Crippen LogP contribution in [0.15, 0.2) is 0 Å². The summed E-state index contributed by atoms with van der Waals surface area (Å²) in [5.74, 6) is -0.378. The molecule has 0 aliphatic heterocycles. The quantitative estimate of drug-likeness (QED) is 0.0446. The Hall–Kier alpha value is -1.22. The van der Waals surface area contributed by atoms with Crippen LogP contribution in [0.3, 0.4) is 0 Å². The fraction of sp³-hybridized carbons (Fsp3) is 0.958. The molecule has 0 aliphatic rings. The van der Waals surface area contributed by atoms with E-state index in [0.29, 0.717) is 64.4 Å². The fourth-order valence-electron chi connectivity index (χ4n) is 6.98. The number of nitrogens with zero attached hydrogens (tertiary/aromatic N) is 2. The molecule has 8 nitrogen and oxygen atoms in total. The molecule has 0 heterocycles. The van der Waals surface area contributed by atoms with Crippen LogP contribution in [0.4, 0.5) is 0 Å². The largest absolute Gasteiger partial charge is 0.466 e. The standard InChI is InChI=1S/C46H92N2O6.C2H6/c1-7-9-11-13-15-17-19-21-23-25-27-37-51-39-29-41-53-45(49)31-33-47(35-36-48(43(3)4)44(5)6)34-32-46(50)54-42-30-40-52-38-28-26-24-22-20-18-16-14-12-10-8-2;1-2/h43-44H,7-42H2,1-6H3;1-2H3. The summed E-state index contributed by atoms with van der Waals surface area (Å²) in [5, 5.41) is 0. The van der Waals surface area contributed by atoms with E-state index in [0.717, 1.165) is 52.0 Å². The zero-order chi connectivity index (χ0) is 41.7. The average molecular weight is 799 g/mol. The van der Waals surface area contributed by atoms with Gasteiger partial charge < -0.3 is 23.8 Å².